The summed E-state index contributed by atoms with van der Waals surface area (Å²) >= 11 is 0. The summed E-state index contributed by atoms with van der Waals surface area (Å²) in [6.07, 6.45) is 0. The molecule has 4 aromatic heterocycles. The fourth-order valence-corrected chi connectivity index (χ4v) is 6.38. The zero-order valence-corrected chi connectivity index (χ0v) is 24.0. The van der Waals surface area contributed by atoms with Crippen molar-refractivity contribution in [1.29, 1.82) is 0 Å². The summed E-state index contributed by atoms with van der Waals surface area (Å²) < 4.78 is 32.3. The van der Waals surface area contributed by atoms with Crippen molar-refractivity contribution in [2.45, 2.75) is 0 Å². The summed E-state index contributed by atoms with van der Waals surface area (Å²) in [5, 5.41) is 5.89. The van der Waals surface area contributed by atoms with Crippen LogP contribution < -0.4 is 0 Å². The van der Waals surface area contributed by atoms with E-state index in [1.807, 2.05) is 91.0 Å². The van der Waals surface area contributed by atoms with Gasteiger partial charge >= 0.3 is 0 Å². The highest BCUT2D eigenvalue weighted by molar-refractivity contribution is 6.07. The van der Waals surface area contributed by atoms with E-state index in [-0.39, 0.29) is 5.82 Å². The molecule has 0 aliphatic heterocycles. The molecule has 0 fully saturated rings. The Balaban J connectivity index is 1.18. The predicted molar refractivity (Wildman–Crippen MR) is 178 cm³/mol. The van der Waals surface area contributed by atoms with Gasteiger partial charge in [-0.2, -0.15) is 0 Å². The minimum atomic E-state index is -0.346. The van der Waals surface area contributed by atoms with E-state index in [0.717, 1.165) is 71.3 Å². The summed E-state index contributed by atoms with van der Waals surface area (Å²) in [6.45, 7) is 0. The number of hydrogen-bond donors (Lipinski definition) is 0. The number of rotatable bonds is 3. The van der Waals surface area contributed by atoms with Gasteiger partial charge in [-0.25, -0.2) is 19.3 Å². The van der Waals surface area contributed by atoms with E-state index >= 15 is 0 Å². The number of furan rings is 3. The Morgan fingerprint density at radius 3 is 1.15 bits per heavy atom. The minimum absolute atomic E-state index is 0.346. The number of halogens is 1. The molecular weight excluding hydrogens is 577 g/mol. The molecule has 0 unspecified atom stereocenters. The van der Waals surface area contributed by atoms with E-state index in [4.69, 9.17) is 28.2 Å². The number of aromatic nitrogens is 3. The lowest BCUT2D eigenvalue weighted by molar-refractivity contribution is 0.618. The molecule has 0 radical (unpaired) electrons. The number of hydrogen-bond acceptors (Lipinski definition) is 6. The van der Waals surface area contributed by atoms with Gasteiger partial charge < -0.3 is 13.3 Å². The number of fused-ring (bicyclic) bond motifs is 9. The summed E-state index contributed by atoms with van der Waals surface area (Å²) in [5.41, 5.74) is 6.59. The van der Waals surface area contributed by atoms with Crippen LogP contribution in [0.5, 0.6) is 0 Å². The van der Waals surface area contributed by atoms with E-state index in [2.05, 4.69) is 12.1 Å². The van der Waals surface area contributed by atoms with Gasteiger partial charge in [0, 0.05) is 55.1 Å². The lowest BCUT2D eigenvalue weighted by Crippen LogP contribution is -2.00. The van der Waals surface area contributed by atoms with E-state index in [9.17, 15) is 4.39 Å². The van der Waals surface area contributed by atoms with Crippen molar-refractivity contribution in [3.05, 3.63) is 127 Å². The molecule has 0 aliphatic rings. The van der Waals surface area contributed by atoms with Gasteiger partial charge in [0.1, 0.15) is 39.3 Å². The highest BCUT2D eigenvalue weighted by Crippen LogP contribution is 2.36. The van der Waals surface area contributed by atoms with E-state index < -0.39 is 0 Å². The maximum absolute atomic E-state index is 13.9. The first-order chi connectivity index (χ1) is 22.6. The topological polar surface area (TPSA) is 78.1 Å². The van der Waals surface area contributed by atoms with Crippen molar-refractivity contribution < 1.29 is 17.6 Å². The molecule has 7 heteroatoms. The smallest absolute Gasteiger partial charge is 0.164 e. The maximum Gasteiger partial charge on any atom is 0.164 e. The van der Waals surface area contributed by atoms with Crippen LogP contribution in [0, 0.1) is 5.82 Å². The van der Waals surface area contributed by atoms with Gasteiger partial charge in [-0.15, -0.1) is 0 Å². The Hall–Kier alpha value is -6.34. The number of para-hydroxylation sites is 2. The predicted octanol–water partition coefficient (Wildman–Crippen LogP) is 10.7. The lowest BCUT2D eigenvalue weighted by Gasteiger charge is -2.08. The van der Waals surface area contributed by atoms with Crippen LogP contribution in [0.4, 0.5) is 4.39 Å². The second-order valence-corrected chi connectivity index (χ2v) is 11.4. The largest absolute Gasteiger partial charge is 0.456 e. The zero-order chi connectivity index (χ0) is 30.4. The van der Waals surface area contributed by atoms with Crippen molar-refractivity contribution >= 4 is 65.8 Å². The maximum atomic E-state index is 13.9. The molecule has 0 spiro atoms. The third kappa shape index (κ3) is 3.78. The SMILES string of the molecule is Fc1ccc2c(c1)oc1cc(-c3nc(-c4ccc5c(c4)oc4ccccc45)nc(-c4ccc5c(c4)oc4ccccc45)n3)ccc12. The highest BCUT2D eigenvalue weighted by atomic mass is 19.1. The van der Waals surface area contributed by atoms with Crippen LogP contribution in [0.25, 0.3) is 100.0 Å². The van der Waals surface area contributed by atoms with Crippen molar-refractivity contribution in [1.82, 2.24) is 15.0 Å². The van der Waals surface area contributed by atoms with Crippen LogP contribution in [0.1, 0.15) is 0 Å². The Morgan fingerprint density at radius 1 is 0.348 bits per heavy atom. The third-order valence-corrected chi connectivity index (χ3v) is 8.60. The molecule has 0 amide bonds. The van der Waals surface area contributed by atoms with Gasteiger partial charge in [0.05, 0.1) is 0 Å². The average Bonchev–Trinajstić information content (AvgIpc) is 3.77. The van der Waals surface area contributed by atoms with Gasteiger partial charge in [0.2, 0.25) is 0 Å². The first-order valence-corrected chi connectivity index (χ1v) is 14.9. The zero-order valence-electron chi connectivity index (χ0n) is 24.0. The fraction of sp³-hybridized carbons (Fsp3) is 0. The first kappa shape index (κ1) is 25.0. The van der Waals surface area contributed by atoms with Crippen LogP contribution in [-0.4, -0.2) is 15.0 Å². The molecule has 216 valence electrons. The average molecular weight is 598 g/mol. The molecule has 46 heavy (non-hydrogen) atoms. The van der Waals surface area contributed by atoms with Gasteiger partial charge in [-0.3, -0.25) is 0 Å². The summed E-state index contributed by atoms with van der Waals surface area (Å²) in [7, 11) is 0. The molecule has 0 bridgehead atoms. The second-order valence-electron chi connectivity index (χ2n) is 11.4. The lowest BCUT2D eigenvalue weighted by atomic mass is 10.1. The number of benzene rings is 6. The van der Waals surface area contributed by atoms with Crippen LogP contribution in [-0.2, 0) is 0 Å². The van der Waals surface area contributed by atoms with E-state index in [1.165, 1.54) is 12.1 Å². The molecule has 10 rings (SSSR count). The molecule has 0 atom stereocenters. The molecule has 4 heterocycles. The van der Waals surface area contributed by atoms with Crippen molar-refractivity contribution in [3.63, 3.8) is 0 Å². The molecule has 10 aromatic rings. The summed E-state index contributed by atoms with van der Waals surface area (Å²) in [6, 6.07) is 38.4. The molecular formula is C39H20FN3O3. The van der Waals surface area contributed by atoms with Crippen LogP contribution in [0.2, 0.25) is 0 Å². The first-order valence-electron chi connectivity index (χ1n) is 14.9. The van der Waals surface area contributed by atoms with Gasteiger partial charge in [0.15, 0.2) is 17.5 Å². The second kappa shape index (κ2) is 9.33. The van der Waals surface area contributed by atoms with Crippen molar-refractivity contribution in [3.8, 4) is 34.2 Å². The van der Waals surface area contributed by atoms with Crippen LogP contribution in [0.3, 0.4) is 0 Å². The Bertz CT molecular complexity index is 2710. The summed E-state index contributed by atoms with van der Waals surface area (Å²) in [4.78, 5) is 14.8. The molecule has 0 saturated carbocycles. The van der Waals surface area contributed by atoms with Crippen molar-refractivity contribution in [2.24, 2.45) is 0 Å². The van der Waals surface area contributed by atoms with Crippen molar-refractivity contribution in [2.75, 3.05) is 0 Å². The van der Waals surface area contributed by atoms with E-state index in [1.54, 1.807) is 6.07 Å². The molecule has 0 N–H and O–H groups in total. The molecule has 6 nitrogen and oxygen atoms in total. The Labute approximate surface area is 259 Å². The van der Waals surface area contributed by atoms with Gasteiger partial charge in [-0.1, -0.05) is 54.6 Å². The normalized spacial score (nSPS) is 12.0. The third-order valence-electron chi connectivity index (χ3n) is 8.60. The highest BCUT2D eigenvalue weighted by Gasteiger charge is 2.17. The molecule has 0 saturated heterocycles. The standard InChI is InChI=1S/C39H20FN3O3/c40-24-12-16-30-29-15-11-23(19-35(29)46-36(30)20-24)39-42-37(21-9-13-27-25-5-1-3-7-31(25)44-33(27)17-21)41-38(43-39)22-10-14-28-26-6-2-4-8-32(26)45-34(28)18-22/h1-20H. The fourth-order valence-electron chi connectivity index (χ4n) is 6.38. The summed E-state index contributed by atoms with van der Waals surface area (Å²) in [5.74, 6) is 1.13. The van der Waals surface area contributed by atoms with Crippen LogP contribution in [0.15, 0.2) is 135 Å². The molecule has 6 aromatic carbocycles. The van der Waals surface area contributed by atoms with Gasteiger partial charge in [0.25, 0.3) is 0 Å². The monoisotopic (exact) mass is 597 g/mol. The Kier molecular flexibility index (Phi) is 5.08. The van der Waals surface area contributed by atoms with E-state index in [0.29, 0.717) is 28.6 Å². The quantitative estimate of drug-likeness (QED) is 0.202. The Morgan fingerprint density at radius 2 is 0.696 bits per heavy atom. The van der Waals surface area contributed by atoms with Gasteiger partial charge in [-0.05, 0) is 60.7 Å². The van der Waals surface area contributed by atoms with Crippen LogP contribution >= 0.6 is 0 Å². The molecule has 0 aliphatic carbocycles. The number of nitrogens with zero attached hydrogens (tertiary/aromatic N) is 3. The minimum Gasteiger partial charge on any atom is -0.456 e.